The van der Waals surface area contributed by atoms with Gasteiger partial charge in [-0.15, -0.1) is 0 Å². The third-order valence-corrected chi connectivity index (χ3v) is 3.04. The van der Waals surface area contributed by atoms with Gasteiger partial charge in [0.15, 0.2) is 0 Å². The molecule has 1 saturated carbocycles. The maximum absolute atomic E-state index is 13.4. The molecule has 0 atom stereocenters. The zero-order valence-electron chi connectivity index (χ0n) is 10.7. The second kappa shape index (κ2) is 6.52. The van der Waals surface area contributed by atoms with E-state index in [1.807, 2.05) is 0 Å². The number of carboxylic acids is 1. The van der Waals surface area contributed by atoms with Crippen molar-refractivity contribution in [3.05, 3.63) is 29.6 Å². The highest BCUT2D eigenvalue weighted by atomic mass is 19.1. The summed E-state index contributed by atoms with van der Waals surface area (Å²) in [5, 5.41) is 11.7. The smallest absolute Gasteiger partial charge is 0.338 e. The van der Waals surface area contributed by atoms with Crippen LogP contribution in [0.15, 0.2) is 18.2 Å². The number of hydrogen-bond acceptors (Lipinski definition) is 3. The molecule has 0 saturated heterocycles. The number of carbonyl (C=O) groups is 1. The largest absolute Gasteiger partial charge is 0.478 e. The van der Waals surface area contributed by atoms with E-state index in [1.165, 1.54) is 25.0 Å². The fourth-order valence-electron chi connectivity index (χ4n) is 1.74. The molecule has 19 heavy (non-hydrogen) atoms. The van der Waals surface area contributed by atoms with Crippen LogP contribution in [0.2, 0.25) is 0 Å². The maximum atomic E-state index is 13.4. The summed E-state index contributed by atoms with van der Waals surface area (Å²) in [5.74, 6) is -1.20. The molecule has 1 aromatic carbocycles. The quantitative estimate of drug-likeness (QED) is 0.711. The fourth-order valence-corrected chi connectivity index (χ4v) is 1.74. The summed E-state index contributed by atoms with van der Waals surface area (Å²) in [6.45, 7) is 2.22. The Hall–Kier alpha value is -1.62. The SMILES string of the molecule is O=C(O)c1ccc(NCCCOCC2CC2)cc1F. The highest BCUT2D eigenvalue weighted by molar-refractivity contribution is 5.88. The number of benzene rings is 1. The van der Waals surface area contributed by atoms with Gasteiger partial charge in [-0.05, 0) is 43.4 Å². The van der Waals surface area contributed by atoms with Crippen LogP contribution in [0.4, 0.5) is 10.1 Å². The van der Waals surface area contributed by atoms with Crippen LogP contribution >= 0.6 is 0 Å². The van der Waals surface area contributed by atoms with E-state index in [4.69, 9.17) is 9.84 Å². The van der Waals surface area contributed by atoms with Crippen molar-refractivity contribution in [2.24, 2.45) is 5.92 Å². The number of hydrogen-bond donors (Lipinski definition) is 2. The fraction of sp³-hybridized carbons (Fsp3) is 0.500. The highest BCUT2D eigenvalue weighted by Crippen LogP contribution is 2.28. The van der Waals surface area contributed by atoms with E-state index < -0.39 is 11.8 Å². The zero-order chi connectivity index (χ0) is 13.7. The molecular formula is C14H18FNO3. The summed E-state index contributed by atoms with van der Waals surface area (Å²) in [5.41, 5.74) is 0.281. The van der Waals surface area contributed by atoms with Gasteiger partial charge in [0.2, 0.25) is 0 Å². The minimum Gasteiger partial charge on any atom is -0.478 e. The lowest BCUT2D eigenvalue weighted by Gasteiger charge is -2.08. The van der Waals surface area contributed by atoms with Crippen LogP contribution in [0.25, 0.3) is 0 Å². The summed E-state index contributed by atoms with van der Waals surface area (Å²) in [4.78, 5) is 10.6. The average Bonchev–Trinajstić information content (AvgIpc) is 3.17. The third kappa shape index (κ3) is 4.52. The van der Waals surface area contributed by atoms with E-state index in [2.05, 4.69) is 5.32 Å². The summed E-state index contributed by atoms with van der Waals surface area (Å²) in [6.07, 6.45) is 3.41. The molecule has 5 heteroatoms. The zero-order valence-corrected chi connectivity index (χ0v) is 10.7. The molecule has 0 aliphatic heterocycles. The molecule has 1 aliphatic carbocycles. The molecule has 0 unspecified atom stereocenters. The Labute approximate surface area is 111 Å². The van der Waals surface area contributed by atoms with E-state index in [-0.39, 0.29) is 5.56 Å². The van der Waals surface area contributed by atoms with Gasteiger partial charge < -0.3 is 15.2 Å². The molecule has 104 valence electrons. The van der Waals surface area contributed by atoms with Crippen LogP contribution in [-0.2, 0) is 4.74 Å². The van der Waals surface area contributed by atoms with Crippen LogP contribution in [0.5, 0.6) is 0 Å². The van der Waals surface area contributed by atoms with Gasteiger partial charge in [-0.2, -0.15) is 0 Å². The van der Waals surface area contributed by atoms with Gasteiger partial charge in [-0.25, -0.2) is 9.18 Å². The molecule has 1 aliphatic rings. The van der Waals surface area contributed by atoms with Crippen LogP contribution in [0.1, 0.15) is 29.6 Å². The Bertz CT molecular complexity index is 446. The Morgan fingerprint density at radius 3 is 2.89 bits per heavy atom. The second-order valence-electron chi connectivity index (χ2n) is 4.80. The first kappa shape index (κ1) is 13.8. The summed E-state index contributed by atoms with van der Waals surface area (Å²) in [6, 6.07) is 4.04. The van der Waals surface area contributed by atoms with E-state index in [0.29, 0.717) is 18.8 Å². The van der Waals surface area contributed by atoms with Crippen molar-refractivity contribution in [1.82, 2.24) is 0 Å². The normalized spacial score (nSPS) is 14.4. The van der Waals surface area contributed by atoms with Gasteiger partial charge in [0.1, 0.15) is 5.82 Å². The topological polar surface area (TPSA) is 58.6 Å². The third-order valence-electron chi connectivity index (χ3n) is 3.04. The molecule has 0 amide bonds. The van der Waals surface area contributed by atoms with Gasteiger partial charge in [0.05, 0.1) is 5.56 Å². The molecule has 2 rings (SSSR count). The molecule has 0 bridgehead atoms. The first-order chi connectivity index (χ1) is 9.16. The van der Waals surface area contributed by atoms with Gasteiger partial charge in [-0.1, -0.05) is 0 Å². The predicted molar refractivity (Wildman–Crippen MR) is 70.0 cm³/mol. The Kier molecular flexibility index (Phi) is 4.74. The number of ether oxygens (including phenoxy) is 1. The van der Waals surface area contributed by atoms with Crippen molar-refractivity contribution in [3.63, 3.8) is 0 Å². The molecule has 0 aromatic heterocycles. The maximum Gasteiger partial charge on any atom is 0.338 e. The molecule has 1 fully saturated rings. The lowest BCUT2D eigenvalue weighted by atomic mass is 10.2. The van der Waals surface area contributed by atoms with Crippen molar-refractivity contribution in [2.75, 3.05) is 25.1 Å². The monoisotopic (exact) mass is 267 g/mol. The Morgan fingerprint density at radius 2 is 2.26 bits per heavy atom. The number of halogens is 1. The van der Waals surface area contributed by atoms with Crippen LogP contribution in [0, 0.1) is 11.7 Å². The molecule has 0 heterocycles. The lowest BCUT2D eigenvalue weighted by Crippen LogP contribution is -2.08. The first-order valence-corrected chi connectivity index (χ1v) is 6.51. The van der Waals surface area contributed by atoms with E-state index in [1.54, 1.807) is 6.07 Å². The van der Waals surface area contributed by atoms with Crippen molar-refractivity contribution in [2.45, 2.75) is 19.3 Å². The number of rotatable bonds is 8. The predicted octanol–water partition coefficient (Wildman–Crippen LogP) is 2.75. The Balaban J connectivity index is 1.67. The van der Waals surface area contributed by atoms with E-state index >= 15 is 0 Å². The van der Waals surface area contributed by atoms with Crippen LogP contribution in [0.3, 0.4) is 0 Å². The van der Waals surface area contributed by atoms with E-state index in [9.17, 15) is 9.18 Å². The standard InChI is InChI=1S/C14H18FNO3/c15-13-8-11(4-5-12(13)14(17)18)16-6-1-7-19-9-10-2-3-10/h4-5,8,10,16H,1-3,6-7,9H2,(H,17,18). The molecule has 2 N–H and O–H groups in total. The second-order valence-corrected chi connectivity index (χ2v) is 4.80. The number of anilines is 1. The van der Waals surface area contributed by atoms with Gasteiger partial charge in [0.25, 0.3) is 0 Å². The molecule has 4 nitrogen and oxygen atoms in total. The van der Waals surface area contributed by atoms with Crippen LogP contribution < -0.4 is 5.32 Å². The highest BCUT2D eigenvalue weighted by Gasteiger charge is 2.20. The van der Waals surface area contributed by atoms with Gasteiger partial charge in [0, 0.05) is 25.4 Å². The summed E-state index contributed by atoms with van der Waals surface area (Å²) >= 11 is 0. The summed E-state index contributed by atoms with van der Waals surface area (Å²) < 4.78 is 18.9. The number of nitrogens with one attached hydrogen (secondary N) is 1. The van der Waals surface area contributed by atoms with Crippen molar-refractivity contribution in [1.29, 1.82) is 0 Å². The van der Waals surface area contributed by atoms with Crippen molar-refractivity contribution < 1.29 is 19.0 Å². The first-order valence-electron chi connectivity index (χ1n) is 6.51. The van der Waals surface area contributed by atoms with Crippen molar-refractivity contribution in [3.8, 4) is 0 Å². The Morgan fingerprint density at radius 1 is 1.47 bits per heavy atom. The molecule has 0 spiro atoms. The van der Waals surface area contributed by atoms with Gasteiger partial charge in [-0.3, -0.25) is 0 Å². The minimum absolute atomic E-state index is 0.307. The van der Waals surface area contributed by atoms with E-state index in [0.717, 1.165) is 18.9 Å². The lowest BCUT2D eigenvalue weighted by molar-refractivity contribution is 0.0692. The van der Waals surface area contributed by atoms with Crippen molar-refractivity contribution >= 4 is 11.7 Å². The molecule has 1 aromatic rings. The number of carboxylic acid groups (broad SMARTS) is 1. The van der Waals surface area contributed by atoms with Crippen LogP contribution in [-0.4, -0.2) is 30.8 Å². The summed E-state index contributed by atoms with van der Waals surface area (Å²) in [7, 11) is 0. The minimum atomic E-state index is -1.25. The van der Waals surface area contributed by atoms with Gasteiger partial charge >= 0.3 is 5.97 Å². The average molecular weight is 267 g/mol. The molecular weight excluding hydrogens is 249 g/mol. The number of aromatic carboxylic acids is 1. The molecule has 0 radical (unpaired) electrons.